The van der Waals surface area contributed by atoms with Crippen molar-refractivity contribution in [2.45, 2.75) is 19.5 Å². The summed E-state index contributed by atoms with van der Waals surface area (Å²) in [6.07, 6.45) is -3.43. The Morgan fingerprint density at radius 1 is 1.44 bits per heavy atom. The van der Waals surface area contributed by atoms with Crippen molar-refractivity contribution in [1.82, 2.24) is 10.2 Å². The van der Waals surface area contributed by atoms with E-state index in [4.69, 9.17) is 10.5 Å². The second-order valence-electron chi connectivity index (χ2n) is 6.70. The zero-order valence-corrected chi connectivity index (χ0v) is 14.2. The third-order valence-corrected chi connectivity index (χ3v) is 4.35. The van der Waals surface area contributed by atoms with E-state index >= 15 is 0 Å². The predicted molar refractivity (Wildman–Crippen MR) is 88.2 cm³/mol. The van der Waals surface area contributed by atoms with E-state index in [-0.39, 0.29) is 30.2 Å². The Morgan fingerprint density at radius 2 is 2.20 bits per heavy atom. The van der Waals surface area contributed by atoms with E-state index in [1.54, 1.807) is 0 Å². The number of nitrogens with two attached hydrogens (primary N) is 1. The van der Waals surface area contributed by atoms with Gasteiger partial charge in [0.25, 0.3) is 0 Å². The molecule has 2 rings (SSSR count). The maximum atomic E-state index is 12.6. The number of likely N-dealkylation sites (tertiary alicyclic amines) is 1. The van der Waals surface area contributed by atoms with E-state index in [1.165, 1.54) is 12.1 Å². The van der Waals surface area contributed by atoms with Gasteiger partial charge in [0.2, 0.25) is 5.91 Å². The molecule has 25 heavy (non-hydrogen) atoms. The molecule has 3 N–H and O–H groups in total. The highest BCUT2D eigenvalue weighted by Crippen LogP contribution is 2.31. The molecule has 0 spiro atoms. The van der Waals surface area contributed by atoms with Crippen LogP contribution in [0.3, 0.4) is 0 Å². The molecule has 0 bridgehead atoms. The highest BCUT2D eigenvalue weighted by molar-refractivity contribution is 5.78. The number of ether oxygens (including phenoxy) is 1. The highest BCUT2D eigenvalue weighted by atomic mass is 19.4. The van der Waals surface area contributed by atoms with E-state index in [0.717, 1.165) is 31.6 Å². The van der Waals surface area contributed by atoms with Crippen molar-refractivity contribution in [3.63, 3.8) is 0 Å². The first-order chi connectivity index (χ1) is 11.7. The Kier molecular flexibility index (Phi) is 6.29. The minimum atomic E-state index is -4.40. The lowest BCUT2D eigenvalue weighted by molar-refractivity contribution is -0.137. The number of rotatable bonds is 7. The zero-order chi connectivity index (χ0) is 18.5. The Morgan fingerprint density at radius 3 is 2.84 bits per heavy atom. The molecule has 1 saturated heterocycles. The van der Waals surface area contributed by atoms with Crippen LogP contribution >= 0.6 is 0 Å². The number of halogens is 3. The van der Waals surface area contributed by atoms with Crippen molar-refractivity contribution in [3.8, 4) is 5.75 Å². The van der Waals surface area contributed by atoms with Crippen LogP contribution in [0.5, 0.6) is 5.75 Å². The second kappa shape index (κ2) is 8.05. The molecule has 1 unspecified atom stereocenters. The summed E-state index contributed by atoms with van der Waals surface area (Å²) < 4.78 is 43.1. The van der Waals surface area contributed by atoms with Crippen LogP contribution in [0.2, 0.25) is 0 Å². The van der Waals surface area contributed by atoms with Gasteiger partial charge in [0, 0.05) is 6.54 Å². The fraction of sp³-hybridized carbons (Fsp3) is 0.588. The summed E-state index contributed by atoms with van der Waals surface area (Å²) in [5, 5.41) is 2.71. The van der Waals surface area contributed by atoms with Crippen molar-refractivity contribution in [2.24, 2.45) is 11.1 Å². The first kappa shape index (κ1) is 19.5. The quantitative estimate of drug-likeness (QED) is 0.730. The molecule has 1 amide bonds. The molecule has 1 aliphatic heterocycles. The standard InChI is InChI=1S/C17H24F3N3O2/c1-16(11-21)5-7-23(12-16)10-15(24)22-6-8-25-14-4-2-3-13(9-14)17(18,19)20/h2-4,9H,5-8,10-12,21H2,1H3,(H,22,24). The van der Waals surface area contributed by atoms with E-state index in [0.29, 0.717) is 13.1 Å². The van der Waals surface area contributed by atoms with Crippen LogP contribution in [-0.2, 0) is 11.0 Å². The minimum Gasteiger partial charge on any atom is -0.492 e. The molecular weight excluding hydrogens is 335 g/mol. The third-order valence-electron chi connectivity index (χ3n) is 4.35. The molecule has 1 aliphatic rings. The van der Waals surface area contributed by atoms with E-state index < -0.39 is 11.7 Å². The lowest BCUT2D eigenvalue weighted by Crippen LogP contribution is -2.39. The van der Waals surface area contributed by atoms with E-state index in [2.05, 4.69) is 17.1 Å². The topological polar surface area (TPSA) is 67.6 Å². The first-order valence-electron chi connectivity index (χ1n) is 8.21. The van der Waals surface area contributed by atoms with Crippen molar-refractivity contribution in [1.29, 1.82) is 0 Å². The average Bonchev–Trinajstić information content (AvgIpc) is 2.93. The molecule has 5 nitrogen and oxygen atoms in total. The number of alkyl halides is 3. The summed E-state index contributed by atoms with van der Waals surface area (Å²) in [6, 6.07) is 4.67. The van der Waals surface area contributed by atoms with E-state index in [9.17, 15) is 18.0 Å². The first-order valence-corrected chi connectivity index (χ1v) is 8.21. The van der Waals surface area contributed by atoms with Crippen LogP contribution in [0, 0.1) is 5.41 Å². The lowest BCUT2D eigenvalue weighted by Gasteiger charge is -2.22. The van der Waals surface area contributed by atoms with Crippen LogP contribution < -0.4 is 15.8 Å². The van der Waals surface area contributed by atoms with Gasteiger partial charge in [0.1, 0.15) is 12.4 Å². The van der Waals surface area contributed by atoms with Gasteiger partial charge in [0.05, 0.1) is 18.7 Å². The van der Waals surface area contributed by atoms with Gasteiger partial charge >= 0.3 is 6.18 Å². The van der Waals surface area contributed by atoms with Crippen LogP contribution in [0.15, 0.2) is 24.3 Å². The van der Waals surface area contributed by atoms with Crippen LogP contribution in [-0.4, -0.2) is 50.1 Å². The average molecular weight is 359 g/mol. The van der Waals surface area contributed by atoms with Crippen LogP contribution in [0.1, 0.15) is 18.9 Å². The summed E-state index contributed by atoms with van der Waals surface area (Å²) in [7, 11) is 0. The van der Waals surface area contributed by atoms with Gasteiger partial charge in [-0.05, 0) is 43.1 Å². The number of benzene rings is 1. The van der Waals surface area contributed by atoms with Crippen LogP contribution in [0.25, 0.3) is 0 Å². The van der Waals surface area contributed by atoms with Crippen molar-refractivity contribution in [3.05, 3.63) is 29.8 Å². The van der Waals surface area contributed by atoms with E-state index in [1.807, 2.05) is 0 Å². The summed E-state index contributed by atoms with van der Waals surface area (Å²) >= 11 is 0. The smallest absolute Gasteiger partial charge is 0.416 e. The minimum absolute atomic E-state index is 0.0624. The fourth-order valence-corrected chi connectivity index (χ4v) is 2.81. The van der Waals surface area contributed by atoms with Crippen molar-refractivity contribution >= 4 is 5.91 Å². The number of hydrogen-bond donors (Lipinski definition) is 2. The molecular formula is C17H24F3N3O2. The Bertz CT molecular complexity index is 595. The molecule has 1 heterocycles. The SMILES string of the molecule is CC1(CN)CCN(CC(=O)NCCOc2cccc(C(F)(F)F)c2)C1. The molecule has 0 aliphatic carbocycles. The Labute approximate surface area is 145 Å². The summed E-state index contributed by atoms with van der Waals surface area (Å²) in [4.78, 5) is 14.0. The van der Waals surface area contributed by atoms with Gasteiger partial charge in [-0.2, -0.15) is 13.2 Å². The predicted octanol–water partition coefficient (Wildman–Crippen LogP) is 1.87. The monoisotopic (exact) mass is 359 g/mol. The molecule has 1 aromatic rings. The summed E-state index contributed by atoms with van der Waals surface area (Å²) in [5.41, 5.74) is 5.04. The van der Waals surface area contributed by atoms with Gasteiger partial charge < -0.3 is 15.8 Å². The molecule has 1 fully saturated rings. The van der Waals surface area contributed by atoms with Crippen LogP contribution in [0.4, 0.5) is 13.2 Å². The molecule has 140 valence electrons. The van der Waals surface area contributed by atoms with Gasteiger partial charge in [-0.25, -0.2) is 0 Å². The van der Waals surface area contributed by atoms with Gasteiger partial charge in [-0.1, -0.05) is 13.0 Å². The maximum absolute atomic E-state index is 12.6. The number of carbonyl (C=O) groups is 1. The number of hydrogen-bond acceptors (Lipinski definition) is 4. The largest absolute Gasteiger partial charge is 0.492 e. The fourth-order valence-electron chi connectivity index (χ4n) is 2.81. The molecule has 8 heteroatoms. The molecule has 0 radical (unpaired) electrons. The molecule has 1 atom stereocenters. The number of nitrogens with zero attached hydrogens (tertiary/aromatic N) is 1. The van der Waals surface area contributed by atoms with Gasteiger partial charge in [-0.3, -0.25) is 9.69 Å². The molecule has 0 aromatic heterocycles. The third kappa shape index (κ3) is 5.89. The Balaban J connectivity index is 1.69. The second-order valence-corrected chi connectivity index (χ2v) is 6.70. The van der Waals surface area contributed by atoms with Crippen molar-refractivity contribution < 1.29 is 22.7 Å². The van der Waals surface area contributed by atoms with Gasteiger partial charge in [-0.15, -0.1) is 0 Å². The Hall–Kier alpha value is -1.80. The lowest BCUT2D eigenvalue weighted by atomic mass is 9.90. The number of carbonyl (C=O) groups excluding carboxylic acids is 1. The summed E-state index contributed by atoms with van der Waals surface area (Å²) in [6.45, 7) is 4.95. The van der Waals surface area contributed by atoms with Gasteiger partial charge in [0.15, 0.2) is 0 Å². The molecule has 0 saturated carbocycles. The maximum Gasteiger partial charge on any atom is 0.416 e. The zero-order valence-electron chi connectivity index (χ0n) is 14.2. The highest BCUT2D eigenvalue weighted by Gasteiger charge is 2.33. The molecule has 1 aromatic carbocycles. The normalized spacial score (nSPS) is 21.3. The number of nitrogens with one attached hydrogen (secondary N) is 1. The summed E-state index contributed by atoms with van der Waals surface area (Å²) in [5.74, 6) is -0.00348. The number of amides is 1. The van der Waals surface area contributed by atoms with Crippen molar-refractivity contribution in [2.75, 3.05) is 39.3 Å².